The molecule has 9 heteroatoms. The Morgan fingerprint density at radius 1 is 0.882 bits per heavy atom. The number of piperazine rings is 1. The number of rotatable bonds is 7. The van der Waals surface area contributed by atoms with Crippen LogP contribution in [-0.4, -0.2) is 61.9 Å². The van der Waals surface area contributed by atoms with Crippen LogP contribution in [-0.2, 0) is 14.8 Å². The molecule has 0 N–H and O–H groups in total. The molecule has 2 aromatic carbocycles. The van der Waals surface area contributed by atoms with Crippen molar-refractivity contribution in [2.75, 3.05) is 41.9 Å². The van der Waals surface area contributed by atoms with Crippen LogP contribution < -0.4 is 9.21 Å². The molecular formula is C25H29N5O3S. The first kappa shape index (κ1) is 23.7. The Bertz CT molecular complexity index is 1210. The minimum absolute atomic E-state index is 0.0650. The molecule has 1 aliphatic heterocycles. The van der Waals surface area contributed by atoms with Crippen LogP contribution in [0.5, 0.6) is 0 Å². The summed E-state index contributed by atoms with van der Waals surface area (Å²) in [5.74, 6) is 0.592. The first-order valence-electron chi connectivity index (χ1n) is 11.3. The lowest BCUT2D eigenvalue weighted by Gasteiger charge is -2.35. The summed E-state index contributed by atoms with van der Waals surface area (Å²) >= 11 is 0. The van der Waals surface area contributed by atoms with Gasteiger partial charge in [0, 0.05) is 51.5 Å². The summed E-state index contributed by atoms with van der Waals surface area (Å²) in [4.78, 5) is 25.6. The van der Waals surface area contributed by atoms with Gasteiger partial charge in [0.1, 0.15) is 0 Å². The van der Waals surface area contributed by atoms with E-state index >= 15 is 0 Å². The van der Waals surface area contributed by atoms with Crippen molar-refractivity contribution in [2.45, 2.75) is 25.2 Å². The minimum atomic E-state index is -3.82. The van der Waals surface area contributed by atoms with E-state index < -0.39 is 10.0 Å². The molecule has 3 aromatic rings. The van der Waals surface area contributed by atoms with Gasteiger partial charge in [-0.05, 0) is 44.2 Å². The van der Waals surface area contributed by atoms with Crippen molar-refractivity contribution >= 4 is 27.6 Å². The second-order valence-electron chi connectivity index (χ2n) is 8.39. The molecule has 0 saturated carbocycles. The molecule has 1 fully saturated rings. The highest BCUT2D eigenvalue weighted by molar-refractivity contribution is 7.92. The number of anilines is 2. The molecule has 8 nitrogen and oxygen atoms in total. The second kappa shape index (κ2) is 10.2. The zero-order chi connectivity index (χ0) is 24.1. The van der Waals surface area contributed by atoms with E-state index in [0.29, 0.717) is 37.8 Å². The van der Waals surface area contributed by atoms with Crippen molar-refractivity contribution in [3.05, 3.63) is 78.1 Å². The van der Waals surface area contributed by atoms with Gasteiger partial charge in [0.25, 0.3) is 10.0 Å². The predicted octanol–water partition coefficient (Wildman–Crippen LogP) is 3.03. The summed E-state index contributed by atoms with van der Waals surface area (Å²) in [5, 5.41) is 0. The first-order valence-corrected chi connectivity index (χ1v) is 12.7. The highest BCUT2D eigenvalue weighted by atomic mass is 32.2. The number of aryl methyl sites for hydroxylation is 2. The second-order valence-corrected chi connectivity index (χ2v) is 10.3. The standard InChI is InChI=1S/C25H29N5O3S/c1-20-4-8-22(9-5-20)30(34(32,33)23-10-6-21(2)7-11-23)15-12-24(31)28-16-18-29(19-17-28)25-26-13-3-14-27-25/h3-11,13-14H,12,15-19H2,1-2H3. The summed E-state index contributed by atoms with van der Waals surface area (Å²) in [6.45, 7) is 6.31. The molecule has 0 spiro atoms. The van der Waals surface area contributed by atoms with Gasteiger partial charge in [0.05, 0.1) is 10.6 Å². The average molecular weight is 480 g/mol. The molecule has 4 rings (SSSR count). The van der Waals surface area contributed by atoms with E-state index in [0.717, 1.165) is 11.1 Å². The number of hydrogen-bond donors (Lipinski definition) is 0. The maximum Gasteiger partial charge on any atom is 0.264 e. The van der Waals surface area contributed by atoms with Crippen molar-refractivity contribution in [3.8, 4) is 0 Å². The number of sulfonamides is 1. The van der Waals surface area contributed by atoms with Crippen molar-refractivity contribution in [1.82, 2.24) is 14.9 Å². The van der Waals surface area contributed by atoms with Crippen LogP contribution in [0.4, 0.5) is 11.6 Å². The number of benzene rings is 2. The lowest BCUT2D eigenvalue weighted by Crippen LogP contribution is -2.49. The van der Waals surface area contributed by atoms with Crippen LogP contribution in [0.1, 0.15) is 17.5 Å². The normalized spacial score (nSPS) is 14.2. The van der Waals surface area contributed by atoms with Crippen LogP contribution >= 0.6 is 0 Å². The number of aromatic nitrogens is 2. The molecule has 0 aliphatic carbocycles. The number of carbonyl (C=O) groups excluding carboxylic acids is 1. The monoisotopic (exact) mass is 479 g/mol. The molecule has 1 aromatic heterocycles. The Morgan fingerprint density at radius 3 is 2.03 bits per heavy atom. The van der Waals surface area contributed by atoms with Crippen molar-refractivity contribution in [2.24, 2.45) is 0 Å². The zero-order valence-corrected chi connectivity index (χ0v) is 20.3. The maximum absolute atomic E-state index is 13.5. The summed E-state index contributed by atoms with van der Waals surface area (Å²) in [6.07, 6.45) is 3.50. The fourth-order valence-corrected chi connectivity index (χ4v) is 5.37. The first-order chi connectivity index (χ1) is 16.3. The van der Waals surface area contributed by atoms with Crippen molar-refractivity contribution in [3.63, 3.8) is 0 Å². The van der Waals surface area contributed by atoms with Crippen molar-refractivity contribution < 1.29 is 13.2 Å². The maximum atomic E-state index is 13.5. The van der Waals surface area contributed by atoms with Gasteiger partial charge in [-0.25, -0.2) is 18.4 Å². The smallest absolute Gasteiger partial charge is 0.264 e. The van der Waals surface area contributed by atoms with E-state index in [-0.39, 0.29) is 23.8 Å². The van der Waals surface area contributed by atoms with Crippen LogP contribution in [0.3, 0.4) is 0 Å². The van der Waals surface area contributed by atoms with Gasteiger partial charge < -0.3 is 9.80 Å². The van der Waals surface area contributed by atoms with Gasteiger partial charge in [-0.1, -0.05) is 35.4 Å². The fourth-order valence-electron chi connectivity index (χ4n) is 3.90. The van der Waals surface area contributed by atoms with Crippen LogP contribution in [0.15, 0.2) is 71.9 Å². The summed E-state index contributed by atoms with van der Waals surface area (Å²) < 4.78 is 28.3. The van der Waals surface area contributed by atoms with Gasteiger partial charge in [-0.2, -0.15) is 0 Å². The molecule has 0 radical (unpaired) electrons. The third-order valence-corrected chi connectivity index (χ3v) is 7.77. The van der Waals surface area contributed by atoms with Gasteiger partial charge in [-0.15, -0.1) is 0 Å². The lowest BCUT2D eigenvalue weighted by atomic mass is 10.2. The predicted molar refractivity (Wildman–Crippen MR) is 132 cm³/mol. The molecule has 2 heterocycles. The molecule has 1 saturated heterocycles. The number of carbonyl (C=O) groups is 1. The molecule has 1 aliphatic rings. The average Bonchev–Trinajstić information content (AvgIpc) is 2.86. The summed E-state index contributed by atoms with van der Waals surface area (Å²) in [5.41, 5.74) is 2.56. The zero-order valence-electron chi connectivity index (χ0n) is 19.5. The van der Waals surface area contributed by atoms with Gasteiger partial charge in [-0.3, -0.25) is 9.10 Å². The molecular weight excluding hydrogens is 450 g/mol. The fraction of sp³-hybridized carbons (Fsp3) is 0.320. The van der Waals surface area contributed by atoms with E-state index in [9.17, 15) is 13.2 Å². The SMILES string of the molecule is Cc1ccc(N(CCC(=O)N2CCN(c3ncccn3)CC2)S(=O)(=O)c2ccc(C)cc2)cc1. The lowest BCUT2D eigenvalue weighted by molar-refractivity contribution is -0.131. The topological polar surface area (TPSA) is 86.7 Å². The Morgan fingerprint density at radius 2 is 1.44 bits per heavy atom. The summed E-state index contributed by atoms with van der Waals surface area (Å²) in [7, 11) is -3.82. The Kier molecular flexibility index (Phi) is 7.12. The molecule has 0 atom stereocenters. The van der Waals surface area contributed by atoms with E-state index in [2.05, 4.69) is 9.97 Å². The van der Waals surface area contributed by atoms with E-state index in [1.54, 1.807) is 59.8 Å². The quantitative estimate of drug-likeness (QED) is 0.518. The minimum Gasteiger partial charge on any atom is -0.339 e. The molecule has 34 heavy (non-hydrogen) atoms. The molecule has 1 amide bonds. The Labute approximate surface area is 200 Å². The number of nitrogens with zero attached hydrogens (tertiary/aromatic N) is 5. The van der Waals surface area contributed by atoms with Crippen molar-refractivity contribution in [1.29, 1.82) is 0 Å². The van der Waals surface area contributed by atoms with Gasteiger partial charge >= 0.3 is 0 Å². The Balaban J connectivity index is 1.46. The largest absolute Gasteiger partial charge is 0.339 e. The van der Waals surface area contributed by atoms with Crippen LogP contribution in [0, 0.1) is 13.8 Å². The molecule has 0 bridgehead atoms. The molecule has 0 unspecified atom stereocenters. The van der Waals surface area contributed by atoms with Gasteiger partial charge in [0.15, 0.2) is 0 Å². The van der Waals surface area contributed by atoms with Crippen LogP contribution in [0.25, 0.3) is 0 Å². The van der Waals surface area contributed by atoms with Gasteiger partial charge in [0.2, 0.25) is 11.9 Å². The van der Waals surface area contributed by atoms with E-state index in [1.165, 1.54) is 4.31 Å². The van der Waals surface area contributed by atoms with E-state index in [4.69, 9.17) is 0 Å². The van der Waals surface area contributed by atoms with E-state index in [1.807, 2.05) is 30.9 Å². The third kappa shape index (κ3) is 5.36. The Hall–Kier alpha value is -3.46. The van der Waals surface area contributed by atoms with Crippen LogP contribution in [0.2, 0.25) is 0 Å². The molecule has 178 valence electrons. The third-order valence-electron chi connectivity index (χ3n) is 5.93. The highest BCUT2D eigenvalue weighted by Crippen LogP contribution is 2.25. The number of hydrogen-bond acceptors (Lipinski definition) is 6. The number of amides is 1. The highest BCUT2D eigenvalue weighted by Gasteiger charge is 2.28. The summed E-state index contributed by atoms with van der Waals surface area (Å²) in [6, 6.07) is 15.9.